The second-order valence-corrected chi connectivity index (χ2v) is 3.56. The Bertz CT molecular complexity index is 327. The number of hydroxylamine groups is 1. The van der Waals surface area contributed by atoms with E-state index in [9.17, 15) is 4.79 Å². The van der Waals surface area contributed by atoms with E-state index in [1.807, 2.05) is 18.2 Å². The van der Waals surface area contributed by atoms with Gasteiger partial charge in [-0.25, -0.2) is 0 Å². The van der Waals surface area contributed by atoms with Gasteiger partial charge in [0, 0.05) is 10.5 Å². The van der Waals surface area contributed by atoms with Crippen molar-refractivity contribution >= 4 is 17.7 Å². The second-order valence-electron chi connectivity index (χ2n) is 2.52. The number of hydrogen-bond acceptors (Lipinski definition) is 4. The number of nitrogens with zero attached hydrogens (tertiary/aromatic N) is 1. The third-order valence-corrected chi connectivity index (χ3v) is 2.56. The first-order valence-electron chi connectivity index (χ1n) is 3.54. The van der Waals surface area contributed by atoms with E-state index in [0.29, 0.717) is 5.56 Å². The molecule has 1 N–H and O–H groups in total. The molecule has 0 saturated carbocycles. The van der Waals surface area contributed by atoms with E-state index in [4.69, 9.17) is 5.21 Å². The van der Waals surface area contributed by atoms with Crippen LogP contribution in [0.15, 0.2) is 29.2 Å². The molecule has 0 saturated heterocycles. The van der Waals surface area contributed by atoms with Gasteiger partial charge in [-0.1, -0.05) is 18.2 Å². The van der Waals surface area contributed by atoms with Crippen LogP contribution in [-0.2, 0) is 0 Å². The van der Waals surface area contributed by atoms with Crippen molar-refractivity contribution < 1.29 is 10.0 Å². The maximum Gasteiger partial charge on any atom is 0.181 e. The van der Waals surface area contributed by atoms with Gasteiger partial charge in [0.2, 0.25) is 0 Å². The van der Waals surface area contributed by atoms with Gasteiger partial charge in [-0.3, -0.25) is 4.79 Å². The fourth-order valence-electron chi connectivity index (χ4n) is 1.13. The lowest BCUT2D eigenvalue weighted by Crippen LogP contribution is -2.25. The molecule has 1 heterocycles. The van der Waals surface area contributed by atoms with Crippen LogP contribution in [-0.4, -0.2) is 22.0 Å². The van der Waals surface area contributed by atoms with Crippen LogP contribution in [0.4, 0.5) is 0 Å². The monoisotopic (exact) mass is 181 g/mol. The number of fused-ring (bicyclic) bond motifs is 1. The van der Waals surface area contributed by atoms with E-state index in [2.05, 4.69) is 0 Å². The van der Waals surface area contributed by atoms with Crippen molar-refractivity contribution in [3.8, 4) is 0 Å². The summed E-state index contributed by atoms with van der Waals surface area (Å²) in [6, 6.07) is 7.26. The second kappa shape index (κ2) is 2.90. The van der Waals surface area contributed by atoms with Crippen molar-refractivity contribution in [2.45, 2.75) is 4.90 Å². The smallest absolute Gasteiger partial charge is 0.181 e. The standard InChI is InChI=1S/C8H7NO2S/c10-7-5-9(11)12-8-4-2-1-3-6(7)8/h1-4,11H,5H2. The van der Waals surface area contributed by atoms with Crippen LogP contribution in [0.2, 0.25) is 0 Å². The number of Topliss-reactive ketones (excluding diaryl/α,β-unsaturated/α-hetero) is 1. The van der Waals surface area contributed by atoms with E-state index in [1.54, 1.807) is 6.07 Å². The Kier molecular flexibility index (Phi) is 1.88. The van der Waals surface area contributed by atoms with E-state index >= 15 is 0 Å². The van der Waals surface area contributed by atoms with Crippen LogP contribution >= 0.6 is 11.9 Å². The lowest BCUT2D eigenvalue weighted by molar-refractivity contribution is 0.0172. The van der Waals surface area contributed by atoms with Crippen LogP contribution in [0.5, 0.6) is 0 Å². The maximum atomic E-state index is 11.3. The Morgan fingerprint density at radius 3 is 3.00 bits per heavy atom. The zero-order valence-electron chi connectivity index (χ0n) is 6.23. The molecule has 0 amide bonds. The highest BCUT2D eigenvalue weighted by atomic mass is 32.2. The Morgan fingerprint density at radius 1 is 1.42 bits per heavy atom. The molecule has 0 bridgehead atoms. The molecular formula is C8H7NO2S. The molecule has 0 unspecified atom stereocenters. The molecule has 1 aliphatic heterocycles. The van der Waals surface area contributed by atoms with Gasteiger partial charge in [0.1, 0.15) is 0 Å². The van der Waals surface area contributed by atoms with Crippen LogP contribution < -0.4 is 0 Å². The van der Waals surface area contributed by atoms with Gasteiger partial charge in [0.05, 0.1) is 6.54 Å². The molecule has 1 aliphatic rings. The van der Waals surface area contributed by atoms with E-state index in [1.165, 1.54) is 11.9 Å². The number of benzene rings is 1. The quantitative estimate of drug-likeness (QED) is 0.617. The summed E-state index contributed by atoms with van der Waals surface area (Å²) in [5, 5.41) is 9.10. The molecule has 4 heteroatoms. The SMILES string of the molecule is O=C1CN(O)Sc2ccccc21. The summed E-state index contributed by atoms with van der Waals surface area (Å²) in [4.78, 5) is 12.1. The van der Waals surface area contributed by atoms with Crippen LogP contribution in [0.3, 0.4) is 0 Å². The van der Waals surface area contributed by atoms with Gasteiger partial charge < -0.3 is 5.21 Å². The average Bonchev–Trinajstić information content (AvgIpc) is 2.04. The zero-order chi connectivity index (χ0) is 8.55. The zero-order valence-corrected chi connectivity index (χ0v) is 7.04. The maximum absolute atomic E-state index is 11.3. The number of hydrogen-bond donors (Lipinski definition) is 1. The molecule has 0 spiro atoms. The van der Waals surface area contributed by atoms with Crippen molar-refractivity contribution in [1.82, 2.24) is 4.47 Å². The molecular weight excluding hydrogens is 174 g/mol. The van der Waals surface area contributed by atoms with Gasteiger partial charge in [-0.2, -0.15) is 0 Å². The summed E-state index contributed by atoms with van der Waals surface area (Å²) in [5.41, 5.74) is 0.702. The molecule has 12 heavy (non-hydrogen) atoms. The van der Waals surface area contributed by atoms with Gasteiger partial charge in [-0.05, 0) is 18.0 Å². The molecule has 0 aromatic heterocycles. The molecule has 62 valence electrons. The molecule has 0 aliphatic carbocycles. The fourth-order valence-corrected chi connectivity index (χ4v) is 1.96. The normalized spacial score (nSPS) is 17.6. The number of ketones is 1. The first kappa shape index (κ1) is 7.79. The highest BCUT2D eigenvalue weighted by Gasteiger charge is 2.21. The molecule has 2 rings (SSSR count). The summed E-state index contributed by atoms with van der Waals surface area (Å²) in [5.74, 6) is -0.0353. The minimum Gasteiger partial charge on any atom is -0.303 e. The Hall–Kier alpha value is -0.840. The van der Waals surface area contributed by atoms with Crippen LogP contribution in [0, 0.1) is 0 Å². The molecule has 0 atom stereocenters. The molecule has 1 aromatic carbocycles. The van der Waals surface area contributed by atoms with Gasteiger partial charge >= 0.3 is 0 Å². The van der Waals surface area contributed by atoms with E-state index in [-0.39, 0.29) is 12.3 Å². The predicted octanol–water partition coefficient (Wildman–Crippen LogP) is 1.58. The topological polar surface area (TPSA) is 40.5 Å². The summed E-state index contributed by atoms with van der Waals surface area (Å²) in [6.07, 6.45) is 0. The van der Waals surface area contributed by atoms with Gasteiger partial charge in [-0.15, -0.1) is 4.47 Å². The first-order chi connectivity index (χ1) is 5.77. The molecule has 1 aromatic rings. The van der Waals surface area contributed by atoms with Crippen LogP contribution in [0.25, 0.3) is 0 Å². The summed E-state index contributed by atoms with van der Waals surface area (Å²) in [6.45, 7) is 0.0711. The minimum atomic E-state index is -0.0353. The third-order valence-electron chi connectivity index (χ3n) is 1.67. The number of rotatable bonds is 0. The Labute approximate surface area is 74.1 Å². The van der Waals surface area contributed by atoms with Crippen molar-refractivity contribution in [3.63, 3.8) is 0 Å². The van der Waals surface area contributed by atoms with Crippen molar-refractivity contribution in [3.05, 3.63) is 29.8 Å². The van der Waals surface area contributed by atoms with Crippen molar-refractivity contribution in [2.75, 3.05) is 6.54 Å². The molecule has 0 radical (unpaired) electrons. The Balaban J connectivity index is 2.47. The minimum absolute atomic E-state index is 0.0353. The van der Waals surface area contributed by atoms with Crippen molar-refractivity contribution in [2.24, 2.45) is 0 Å². The Morgan fingerprint density at radius 2 is 2.17 bits per heavy atom. The lowest BCUT2D eigenvalue weighted by atomic mass is 10.1. The summed E-state index contributed by atoms with van der Waals surface area (Å²) in [7, 11) is 0. The van der Waals surface area contributed by atoms with Gasteiger partial charge in [0.25, 0.3) is 0 Å². The van der Waals surface area contributed by atoms with Crippen molar-refractivity contribution in [1.29, 1.82) is 0 Å². The average molecular weight is 181 g/mol. The van der Waals surface area contributed by atoms with E-state index in [0.717, 1.165) is 9.36 Å². The largest absolute Gasteiger partial charge is 0.303 e. The number of carbonyl (C=O) groups is 1. The summed E-state index contributed by atoms with van der Waals surface area (Å²) < 4.78 is 0.949. The molecule has 3 nitrogen and oxygen atoms in total. The lowest BCUT2D eigenvalue weighted by Gasteiger charge is -2.19. The fraction of sp³-hybridized carbons (Fsp3) is 0.125. The van der Waals surface area contributed by atoms with Crippen LogP contribution in [0.1, 0.15) is 10.4 Å². The molecule has 0 fully saturated rings. The third kappa shape index (κ3) is 1.24. The first-order valence-corrected chi connectivity index (χ1v) is 4.31. The summed E-state index contributed by atoms with van der Waals surface area (Å²) >= 11 is 1.18. The number of carbonyl (C=O) groups excluding carboxylic acids is 1. The highest BCUT2D eigenvalue weighted by Crippen LogP contribution is 2.29. The van der Waals surface area contributed by atoms with E-state index < -0.39 is 0 Å². The van der Waals surface area contributed by atoms with Gasteiger partial charge in [0.15, 0.2) is 5.78 Å². The predicted molar refractivity (Wildman–Crippen MR) is 45.1 cm³/mol. The highest BCUT2D eigenvalue weighted by molar-refractivity contribution is 7.97.